The van der Waals surface area contributed by atoms with E-state index in [1.54, 1.807) is 0 Å². The van der Waals surface area contributed by atoms with Crippen molar-refractivity contribution in [1.82, 2.24) is 4.67 Å². The molecule has 6 heteroatoms. The van der Waals surface area contributed by atoms with Gasteiger partial charge < -0.3 is 0 Å². The van der Waals surface area contributed by atoms with Crippen LogP contribution >= 0.6 is 40.1 Å². The van der Waals surface area contributed by atoms with Crippen LogP contribution in [-0.2, 0) is 4.57 Å². The topological polar surface area (TPSA) is 20.3 Å². The molecular formula is C2H5Cl3NOP. The van der Waals surface area contributed by atoms with Crippen molar-refractivity contribution in [2.75, 3.05) is 13.1 Å². The van der Waals surface area contributed by atoms with E-state index in [4.69, 9.17) is 34.1 Å². The lowest BCUT2D eigenvalue weighted by Gasteiger charge is -2.11. The van der Waals surface area contributed by atoms with Crippen LogP contribution in [0.15, 0.2) is 0 Å². The second-order valence-corrected chi connectivity index (χ2v) is 6.27. The van der Waals surface area contributed by atoms with Crippen LogP contribution in [0.3, 0.4) is 0 Å². The van der Waals surface area contributed by atoms with Crippen molar-refractivity contribution >= 4 is 40.1 Å². The van der Waals surface area contributed by atoms with Gasteiger partial charge in [0, 0.05) is 0 Å². The highest BCUT2D eigenvalue weighted by Gasteiger charge is 2.18. The van der Waals surface area contributed by atoms with Crippen LogP contribution in [0.5, 0.6) is 0 Å². The van der Waals surface area contributed by atoms with Gasteiger partial charge in [-0.05, 0) is 29.5 Å². The lowest BCUT2D eigenvalue weighted by Crippen LogP contribution is -2.05. The molecule has 0 heterocycles. The summed E-state index contributed by atoms with van der Waals surface area (Å²) in [5.74, 6) is -3.11. The first-order chi connectivity index (χ1) is 3.48. The largest absolute Gasteiger partial charge is 0.322 e. The van der Waals surface area contributed by atoms with Gasteiger partial charge in [-0.1, -0.05) is 0 Å². The summed E-state index contributed by atoms with van der Waals surface area (Å²) in [7, 11) is 1.48. The van der Waals surface area contributed by atoms with Crippen LogP contribution in [-0.4, -0.2) is 17.7 Å². The normalized spacial score (nSPS) is 12.6. The summed E-state index contributed by atoms with van der Waals surface area (Å²) in [6, 6.07) is 0.0737. The van der Waals surface area contributed by atoms with E-state index < -0.39 is 6.00 Å². The van der Waals surface area contributed by atoms with E-state index >= 15 is 0 Å². The molecule has 0 aliphatic rings. The van der Waals surface area contributed by atoms with Crippen molar-refractivity contribution in [3.8, 4) is 0 Å². The standard InChI is InChI=1S/C2H5Cl3NOP/c1-6(2-3)8(4,5)7/h2H2,1H3. The van der Waals surface area contributed by atoms with Crippen molar-refractivity contribution in [2.24, 2.45) is 0 Å². The van der Waals surface area contributed by atoms with Gasteiger partial charge in [0.25, 0.3) is 0 Å². The molecule has 0 aliphatic carbocycles. The molecule has 0 aromatic rings. The van der Waals surface area contributed by atoms with Crippen LogP contribution in [0.1, 0.15) is 0 Å². The maximum Gasteiger partial charge on any atom is 0.322 e. The minimum Gasteiger partial charge on any atom is -0.271 e. The fourth-order valence-corrected chi connectivity index (χ4v) is 1.29. The molecule has 50 valence electrons. The Morgan fingerprint density at radius 2 is 2.00 bits per heavy atom. The Hall–Kier alpha value is 1.06. The van der Waals surface area contributed by atoms with E-state index in [0.29, 0.717) is 0 Å². The number of hydrogen-bond donors (Lipinski definition) is 0. The first-order valence-electron chi connectivity index (χ1n) is 1.75. The highest BCUT2D eigenvalue weighted by molar-refractivity contribution is 8.06. The summed E-state index contributed by atoms with van der Waals surface area (Å²) in [4.78, 5) is 0. The average molecular weight is 196 g/mol. The summed E-state index contributed by atoms with van der Waals surface area (Å²) < 4.78 is 11.7. The van der Waals surface area contributed by atoms with Gasteiger partial charge in [0.15, 0.2) is 0 Å². The Bertz CT molecular complexity index is 112. The van der Waals surface area contributed by atoms with E-state index in [2.05, 4.69) is 0 Å². The quantitative estimate of drug-likeness (QED) is 0.384. The Morgan fingerprint density at radius 1 is 1.62 bits per heavy atom. The minimum atomic E-state index is -3.11. The molecule has 0 saturated heterocycles. The lowest BCUT2D eigenvalue weighted by atomic mass is 11.3. The molecule has 0 aliphatic heterocycles. The Kier molecular flexibility index (Phi) is 3.72. The van der Waals surface area contributed by atoms with Crippen molar-refractivity contribution in [1.29, 1.82) is 0 Å². The molecule has 0 amide bonds. The third kappa shape index (κ3) is 3.16. The van der Waals surface area contributed by atoms with Gasteiger partial charge in [-0.15, -0.1) is 11.6 Å². The molecule has 0 spiro atoms. The third-order valence-corrected chi connectivity index (χ3v) is 3.58. The van der Waals surface area contributed by atoms with Gasteiger partial charge in [0.1, 0.15) is 0 Å². The Morgan fingerprint density at radius 3 is 2.00 bits per heavy atom. The molecule has 0 aromatic heterocycles. The first kappa shape index (κ1) is 9.06. The van der Waals surface area contributed by atoms with Gasteiger partial charge in [-0.3, -0.25) is 4.57 Å². The molecule has 0 unspecified atom stereocenters. The van der Waals surface area contributed by atoms with Gasteiger partial charge in [0.05, 0.1) is 6.00 Å². The van der Waals surface area contributed by atoms with Crippen LogP contribution in [0.2, 0.25) is 0 Å². The first-order valence-corrected chi connectivity index (χ1v) is 5.76. The number of halogens is 3. The SMILES string of the molecule is CN(CCl)P(=O)(Cl)Cl. The van der Waals surface area contributed by atoms with Crippen LogP contribution in [0, 0.1) is 0 Å². The maximum atomic E-state index is 10.5. The maximum absolute atomic E-state index is 10.5. The van der Waals surface area contributed by atoms with Gasteiger partial charge in [0.2, 0.25) is 0 Å². The Balaban J connectivity index is 3.82. The molecule has 0 bridgehead atoms. The molecule has 8 heavy (non-hydrogen) atoms. The van der Waals surface area contributed by atoms with Crippen LogP contribution < -0.4 is 0 Å². The molecule has 0 atom stereocenters. The van der Waals surface area contributed by atoms with E-state index in [0.717, 1.165) is 4.67 Å². The molecule has 0 radical (unpaired) electrons. The highest BCUT2D eigenvalue weighted by Crippen LogP contribution is 2.58. The molecule has 2 nitrogen and oxygen atoms in total. The fraction of sp³-hybridized carbons (Fsp3) is 1.00. The number of hydrogen-bond acceptors (Lipinski definition) is 1. The minimum absolute atomic E-state index is 0.0737. The molecule has 0 fully saturated rings. The van der Waals surface area contributed by atoms with Gasteiger partial charge in [-0.2, -0.15) is 0 Å². The predicted molar refractivity (Wildman–Crippen MR) is 37.8 cm³/mol. The van der Waals surface area contributed by atoms with Crippen molar-refractivity contribution in [3.63, 3.8) is 0 Å². The summed E-state index contributed by atoms with van der Waals surface area (Å²) in [5.41, 5.74) is 0. The second-order valence-electron chi connectivity index (χ2n) is 1.21. The fourth-order valence-electron chi connectivity index (χ4n) is 0.0622. The van der Waals surface area contributed by atoms with Crippen molar-refractivity contribution in [3.05, 3.63) is 0 Å². The van der Waals surface area contributed by atoms with E-state index in [9.17, 15) is 4.57 Å². The molecule has 0 saturated carbocycles. The second kappa shape index (κ2) is 3.28. The number of nitrogens with zero attached hydrogens (tertiary/aromatic N) is 1. The van der Waals surface area contributed by atoms with Crippen LogP contribution in [0.25, 0.3) is 0 Å². The third-order valence-electron chi connectivity index (χ3n) is 0.570. The van der Waals surface area contributed by atoms with Gasteiger partial charge in [-0.25, -0.2) is 4.67 Å². The predicted octanol–water partition coefficient (Wildman–Crippen LogP) is 2.70. The number of rotatable bonds is 2. The summed E-state index contributed by atoms with van der Waals surface area (Å²) in [6.45, 7) is 0. The molecular weight excluding hydrogens is 191 g/mol. The number of alkyl halides is 1. The smallest absolute Gasteiger partial charge is 0.271 e. The highest BCUT2D eigenvalue weighted by atomic mass is 35.9. The van der Waals surface area contributed by atoms with E-state index in [1.165, 1.54) is 7.05 Å². The average Bonchev–Trinajstić information content (AvgIpc) is 1.62. The van der Waals surface area contributed by atoms with Crippen molar-refractivity contribution in [2.45, 2.75) is 0 Å². The van der Waals surface area contributed by atoms with Crippen molar-refractivity contribution < 1.29 is 4.57 Å². The monoisotopic (exact) mass is 195 g/mol. The lowest BCUT2D eigenvalue weighted by molar-refractivity contribution is 0.534. The Labute approximate surface area is 62.7 Å². The summed E-state index contributed by atoms with van der Waals surface area (Å²) in [6.07, 6.45) is 0. The summed E-state index contributed by atoms with van der Waals surface area (Å²) >= 11 is 15.5. The zero-order chi connectivity index (χ0) is 6.78. The molecule has 0 rings (SSSR count). The zero-order valence-electron chi connectivity index (χ0n) is 4.14. The van der Waals surface area contributed by atoms with Gasteiger partial charge >= 0.3 is 6.00 Å². The van der Waals surface area contributed by atoms with Crippen LogP contribution in [0.4, 0.5) is 0 Å². The summed E-state index contributed by atoms with van der Waals surface area (Å²) in [5, 5.41) is 0. The molecule has 0 aromatic carbocycles. The van der Waals surface area contributed by atoms with E-state index in [-0.39, 0.29) is 6.00 Å². The van der Waals surface area contributed by atoms with E-state index in [1.807, 2.05) is 0 Å². The molecule has 0 N–H and O–H groups in total. The zero-order valence-corrected chi connectivity index (χ0v) is 7.31.